The second kappa shape index (κ2) is 7.42. The third kappa shape index (κ3) is 4.31. The molecule has 0 amide bonds. The smallest absolute Gasteiger partial charge is 0.0234 e. The molecule has 0 bridgehead atoms. The van der Waals surface area contributed by atoms with Crippen LogP contribution in [0.25, 0.3) is 0 Å². The third-order valence-corrected chi connectivity index (χ3v) is 5.36. The van der Waals surface area contributed by atoms with Crippen molar-refractivity contribution in [3.63, 3.8) is 0 Å². The van der Waals surface area contributed by atoms with Gasteiger partial charge in [0.2, 0.25) is 0 Å². The first-order valence-electron chi connectivity index (χ1n) is 8.83. The van der Waals surface area contributed by atoms with Gasteiger partial charge in [-0.15, -0.1) is 0 Å². The van der Waals surface area contributed by atoms with Crippen molar-refractivity contribution in [1.29, 1.82) is 0 Å². The van der Waals surface area contributed by atoms with Crippen LogP contribution in [0.2, 0.25) is 0 Å². The van der Waals surface area contributed by atoms with Crippen molar-refractivity contribution in [3.05, 3.63) is 35.9 Å². The summed E-state index contributed by atoms with van der Waals surface area (Å²) in [4.78, 5) is 2.62. The van der Waals surface area contributed by atoms with E-state index in [-0.39, 0.29) is 0 Å². The second-order valence-corrected chi connectivity index (χ2v) is 7.06. The van der Waals surface area contributed by atoms with E-state index in [9.17, 15) is 0 Å². The molecule has 1 heterocycles. The summed E-state index contributed by atoms with van der Waals surface area (Å²) in [5.41, 5.74) is 1.45. The van der Waals surface area contributed by atoms with Crippen LogP contribution in [0.3, 0.4) is 0 Å². The molecular weight excluding hydrogens is 256 g/mol. The lowest BCUT2D eigenvalue weighted by molar-refractivity contribution is 0.169. The van der Waals surface area contributed by atoms with E-state index in [1.165, 1.54) is 57.2 Å². The molecule has 1 aliphatic heterocycles. The number of nitrogens with zero attached hydrogens (tertiary/aromatic N) is 1. The molecule has 2 nitrogen and oxygen atoms in total. The van der Waals surface area contributed by atoms with E-state index in [1.54, 1.807) is 0 Å². The van der Waals surface area contributed by atoms with Gasteiger partial charge in [0.15, 0.2) is 0 Å². The molecule has 1 aromatic carbocycles. The lowest BCUT2D eigenvalue weighted by Crippen LogP contribution is -2.49. The van der Waals surface area contributed by atoms with Crippen molar-refractivity contribution in [3.8, 4) is 0 Å². The SMILES string of the molecule is C[C@H](NC1CCCN(Cc2ccccc2)C1)C1CCCC1. The van der Waals surface area contributed by atoms with Crippen molar-refractivity contribution < 1.29 is 0 Å². The Morgan fingerprint density at radius 1 is 1.10 bits per heavy atom. The highest BCUT2D eigenvalue weighted by Crippen LogP contribution is 2.28. The number of benzene rings is 1. The minimum absolute atomic E-state index is 0.693. The molecule has 0 aromatic heterocycles. The number of piperidine rings is 1. The number of likely N-dealkylation sites (tertiary alicyclic amines) is 1. The maximum absolute atomic E-state index is 3.93. The van der Waals surface area contributed by atoms with Crippen LogP contribution in [-0.4, -0.2) is 30.1 Å². The van der Waals surface area contributed by atoms with Gasteiger partial charge in [0.05, 0.1) is 0 Å². The number of hydrogen-bond acceptors (Lipinski definition) is 2. The fraction of sp³-hybridized carbons (Fsp3) is 0.684. The zero-order chi connectivity index (χ0) is 14.5. The monoisotopic (exact) mass is 286 g/mol. The van der Waals surface area contributed by atoms with Gasteiger partial charge in [-0.05, 0) is 50.6 Å². The first kappa shape index (κ1) is 15.1. The molecule has 1 unspecified atom stereocenters. The molecule has 2 atom stereocenters. The highest BCUT2D eigenvalue weighted by atomic mass is 15.2. The van der Waals surface area contributed by atoms with Gasteiger partial charge >= 0.3 is 0 Å². The number of nitrogens with one attached hydrogen (secondary N) is 1. The average molecular weight is 286 g/mol. The molecule has 2 aliphatic rings. The highest BCUT2D eigenvalue weighted by Gasteiger charge is 2.26. The summed E-state index contributed by atoms with van der Waals surface area (Å²) >= 11 is 0. The number of rotatable bonds is 5. The van der Waals surface area contributed by atoms with Gasteiger partial charge in [0.1, 0.15) is 0 Å². The molecule has 2 fully saturated rings. The lowest BCUT2D eigenvalue weighted by atomic mass is 9.97. The molecule has 1 aromatic rings. The van der Waals surface area contributed by atoms with Crippen LogP contribution in [0.5, 0.6) is 0 Å². The van der Waals surface area contributed by atoms with E-state index in [2.05, 4.69) is 47.5 Å². The van der Waals surface area contributed by atoms with Gasteiger partial charge in [-0.3, -0.25) is 4.90 Å². The Morgan fingerprint density at radius 2 is 1.86 bits per heavy atom. The van der Waals surface area contributed by atoms with Crippen LogP contribution in [-0.2, 0) is 6.54 Å². The fourth-order valence-corrected chi connectivity index (χ4v) is 4.14. The van der Waals surface area contributed by atoms with Gasteiger partial charge in [-0.1, -0.05) is 43.2 Å². The van der Waals surface area contributed by atoms with E-state index in [0.29, 0.717) is 12.1 Å². The van der Waals surface area contributed by atoms with Crippen molar-refractivity contribution in [1.82, 2.24) is 10.2 Å². The quantitative estimate of drug-likeness (QED) is 0.885. The van der Waals surface area contributed by atoms with Crippen LogP contribution in [0, 0.1) is 5.92 Å². The van der Waals surface area contributed by atoms with Crippen molar-refractivity contribution >= 4 is 0 Å². The first-order valence-corrected chi connectivity index (χ1v) is 8.83. The molecule has 3 rings (SSSR count). The van der Waals surface area contributed by atoms with E-state index in [4.69, 9.17) is 0 Å². The molecule has 1 saturated heterocycles. The Labute approximate surface area is 129 Å². The Morgan fingerprint density at radius 3 is 2.62 bits per heavy atom. The Hall–Kier alpha value is -0.860. The summed E-state index contributed by atoms with van der Waals surface area (Å²) in [7, 11) is 0. The first-order chi connectivity index (χ1) is 10.3. The average Bonchev–Trinajstić information content (AvgIpc) is 3.03. The van der Waals surface area contributed by atoms with Crippen LogP contribution < -0.4 is 5.32 Å². The van der Waals surface area contributed by atoms with Crippen LogP contribution in [0.1, 0.15) is 51.0 Å². The summed E-state index contributed by atoms with van der Waals surface area (Å²) in [6.07, 6.45) is 8.45. The van der Waals surface area contributed by atoms with Gasteiger partial charge in [-0.2, -0.15) is 0 Å². The molecular formula is C19H30N2. The molecule has 21 heavy (non-hydrogen) atoms. The van der Waals surface area contributed by atoms with E-state index < -0.39 is 0 Å². The summed E-state index contributed by atoms with van der Waals surface area (Å²) < 4.78 is 0. The predicted molar refractivity (Wildman–Crippen MR) is 89.3 cm³/mol. The summed E-state index contributed by atoms with van der Waals surface area (Å²) in [5, 5.41) is 3.93. The van der Waals surface area contributed by atoms with Gasteiger partial charge < -0.3 is 5.32 Å². The maximum atomic E-state index is 3.93. The third-order valence-electron chi connectivity index (χ3n) is 5.36. The molecule has 0 spiro atoms. The van der Waals surface area contributed by atoms with Gasteiger partial charge in [-0.25, -0.2) is 0 Å². The van der Waals surface area contributed by atoms with Crippen molar-refractivity contribution in [2.45, 2.75) is 64.1 Å². The summed E-state index contributed by atoms with van der Waals surface area (Å²) in [6, 6.07) is 12.3. The zero-order valence-electron chi connectivity index (χ0n) is 13.4. The molecule has 2 heteroatoms. The Balaban J connectivity index is 1.48. The lowest BCUT2D eigenvalue weighted by Gasteiger charge is -2.36. The standard InChI is InChI=1S/C19H30N2/c1-16(18-10-5-6-11-18)20-19-12-7-13-21(15-19)14-17-8-3-2-4-9-17/h2-4,8-9,16,18-20H,5-7,10-15H2,1H3/t16-,19?/m0/s1. The Kier molecular flexibility index (Phi) is 5.32. The zero-order valence-corrected chi connectivity index (χ0v) is 13.4. The molecule has 1 N–H and O–H groups in total. The normalized spacial score (nSPS) is 26.0. The largest absolute Gasteiger partial charge is 0.310 e. The van der Waals surface area contributed by atoms with E-state index >= 15 is 0 Å². The summed E-state index contributed by atoms with van der Waals surface area (Å²) in [6.45, 7) is 5.99. The Bertz CT molecular complexity index is 411. The van der Waals surface area contributed by atoms with Crippen molar-refractivity contribution in [2.75, 3.05) is 13.1 Å². The molecule has 1 saturated carbocycles. The molecule has 116 valence electrons. The van der Waals surface area contributed by atoms with Crippen LogP contribution >= 0.6 is 0 Å². The van der Waals surface area contributed by atoms with Crippen LogP contribution in [0.15, 0.2) is 30.3 Å². The minimum atomic E-state index is 0.693. The fourth-order valence-electron chi connectivity index (χ4n) is 4.14. The summed E-state index contributed by atoms with van der Waals surface area (Å²) in [5.74, 6) is 0.925. The van der Waals surface area contributed by atoms with E-state index in [0.717, 1.165) is 12.5 Å². The van der Waals surface area contributed by atoms with Gasteiger partial charge in [0.25, 0.3) is 0 Å². The highest BCUT2D eigenvalue weighted by molar-refractivity contribution is 5.14. The molecule has 0 radical (unpaired) electrons. The maximum Gasteiger partial charge on any atom is 0.0234 e. The predicted octanol–water partition coefficient (Wildman–Crippen LogP) is 3.82. The van der Waals surface area contributed by atoms with Crippen LogP contribution in [0.4, 0.5) is 0 Å². The van der Waals surface area contributed by atoms with Gasteiger partial charge in [0, 0.05) is 25.2 Å². The van der Waals surface area contributed by atoms with E-state index in [1.807, 2.05) is 0 Å². The molecule has 1 aliphatic carbocycles. The minimum Gasteiger partial charge on any atom is -0.310 e. The second-order valence-electron chi connectivity index (χ2n) is 7.06. The van der Waals surface area contributed by atoms with Crippen molar-refractivity contribution in [2.24, 2.45) is 5.92 Å². The number of hydrogen-bond donors (Lipinski definition) is 1. The topological polar surface area (TPSA) is 15.3 Å².